The van der Waals surface area contributed by atoms with Crippen molar-refractivity contribution in [3.05, 3.63) is 0 Å². The first-order valence-corrected chi connectivity index (χ1v) is 6.22. The molecule has 2 aliphatic rings. The summed E-state index contributed by atoms with van der Waals surface area (Å²) in [7, 11) is 0. The van der Waals surface area contributed by atoms with Crippen LogP contribution >= 0.6 is 0 Å². The van der Waals surface area contributed by atoms with E-state index in [2.05, 4.69) is 25.7 Å². The van der Waals surface area contributed by atoms with E-state index in [1.54, 1.807) is 0 Å². The maximum atomic E-state index is 12.0. The molecule has 0 aromatic carbocycles. The van der Waals surface area contributed by atoms with Gasteiger partial charge < -0.3 is 0 Å². The van der Waals surface area contributed by atoms with Crippen molar-refractivity contribution in [3.8, 4) is 0 Å². The summed E-state index contributed by atoms with van der Waals surface area (Å²) in [5.74, 6) is 0.538. The summed E-state index contributed by atoms with van der Waals surface area (Å²) in [5, 5.41) is 0. The van der Waals surface area contributed by atoms with Gasteiger partial charge in [-0.2, -0.15) is 0 Å². The Kier molecular flexibility index (Phi) is 2.66. The van der Waals surface area contributed by atoms with Gasteiger partial charge in [-0.05, 0) is 53.0 Å². The predicted molar refractivity (Wildman–Crippen MR) is 61.9 cm³/mol. The van der Waals surface area contributed by atoms with Crippen LogP contribution in [0.2, 0.25) is 0 Å². The van der Waals surface area contributed by atoms with Gasteiger partial charge in [-0.15, -0.1) is 0 Å². The molecule has 1 spiro atoms. The molecule has 0 aromatic heterocycles. The second-order valence-electron chi connectivity index (χ2n) is 6.25. The quantitative estimate of drug-likeness (QED) is 0.611. The first-order chi connectivity index (χ1) is 6.94. The molecule has 2 nitrogen and oxygen atoms in total. The first kappa shape index (κ1) is 11.1. The average molecular weight is 209 g/mol. The molecular formula is C13H23NO. The highest BCUT2D eigenvalue weighted by molar-refractivity contribution is 5.87. The molecule has 0 bridgehead atoms. The molecule has 1 saturated heterocycles. The van der Waals surface area contributed by atoms with Crippen LogP contribution in [0, 0.1) is 5.41 Å². The van der Waals surface area contributed by atoms with Crippen molar-refractivity contribution in [2.24, 2.45) is 5.41 Å². The van der Waals surface area contributed by atoms with E-state index in [4.69, 9.17) is 0 Å². The minimum atomic E-state index is 0.0472. The Hall–Kier alpha value is -0.370. The molecule has 15 heavy (non-hydrogen) atoms. The van der Waals surface area contributed by atoms with Crippen LogP contribution in [0.15, 0.2) is 0 Å². The highest BCUT2D eigenvalue weighted by Crippen LogP contribution is 2.43. The van der Waals surface area contributed by atoms with Crippen molar-refractivity contribution in [2.75, 3.05) is 13.1 Å². The van der Waals surface area contributed by atoms with Gasteiger partial charge in [0.15, 0.2) is 0 Å². The second-order valence-corrected chi connectivity index (χ2v) is 6.25. The van der Waals surface area contributed by atoms with Crippen LogP contribution in [-0.2, 0) is 4.79 Å². The zero-order chi connectivity index (χ0) is 11.1. The van der Waals surface area contributed by atoms with E-state index in [1.165, 1.54) is 13.0 Å². The monoisotopic (exact) mass is 209 g/mol. The van der Waals surface area contributed by atoms with E-state index in [0.717, 1.165) is 32.2 Å². The number of rotatable bonds is 0. The van der Waals surface area contributed by atoms with Crippen molar-refractivity contribution in [1.82, 2.24) is 4.90 Å². The van der Waals surface area contributed by atoms with E-state index in [9.17, 15) is 4.79 Å². The Bertz CT molecular complexity index is 266. The lowest BCUT2D eigenvalue weighted by Crippen LogP contribution is -2.52. The molecule has 0 radical (unpaired) electrons. The molecule has 1 atom stereocenters. The second kappa shape index (κ2) is 3.58. The Morgan fingerprint density at radius 3 is 2.40 bits per heavy atom. The van der Waals surface area contributed by atoms with Crippen LogP contribution in [0.5, 0.6) is 0 Å². The standard InChI is InChI=1S/C13H23NO/c1-12(2,3)14-9-5-8-13(10-14)7-4-6-11(13)15/h4-10H2,1-3H3. The molecule has 1 aliphatic heterocycles. The lowest BCUT2D eigenvalue weighted by atomic mass is 9.76. The highest BCUT2D eigenvalue weighted by atomic mass is 16.1. The van der Waals surface area contributed by atoms with Gasteiger partial charge in [0.05, 0.1) is 0 Å². The van der Waals surface area contributed by atoms with Gasteiger partial charge in [0, 0.05) is 23.9 Å². The zero-order valence-corrected chi connectivity index (χ0v) is 10.3. The van der Waals surface area contributed by atoms with E-state index >= 15 is 0 Å². The van der Waals surface area contributed by atoms with Crippen LogP contribution in [0.4, 0.5) is 0 Å². The summed E-state index contributed by atoms with van der Waals surface area (Å²) in [4.78, 5) is 14.5. The Morgan fingerprint density at radius 1 is 1.20 bits per heavy atom. The lowest BCUT2D eigenvalue weighted by molar-refractivity contribution is -0.129. The summed E-state index contributed by atoms with van der Waals surface area (Å²) in [5.41, 5.74) is 0.266. The summed E-state index contributed by atoms with van der Waals surface area (Å²) >= 11 is 0. The molecule has 1 heterocycles. The van der Waals surface area contributed by atoms with Gasteiger partial charge in [0.1, 0.15) is 5.78 Å². The average Bonchev–Trinajstić information content (AvgIpc) is 2.47. The Labute approximate surface area is 93.0 Å². The van der Waals surface area contributed by atoms with Crippen LogP contribution in [-0.4, -0.2) is 29.3 Å². The number of ketones is 1. The maximum Gasteiger partial charge on any atom is 0.140 e. The number of piperidine rings is 1. The topological polar surface area (TPSA) is 20.3 Å². The van der Waals surface area contributed by atoms with Crippen LogP contribution in [0.1, 0.15) is 52.9 Å². The number of carbonyl (C=O) groups excluding carboxylic acids is 1. The molecule has 2 rings (SSSR count). The zero-order valence-electron chi connectivity index (χ0n) is 10.3. The van der Waals surface area contributed by atoms with E-state index < -0.39 is 0 Å². The third kappa shape index (κ3) is 1.96. The fraction of sp³-hybridized carbons (Fsp3) is 0.923. The Morgan fingerprint density at radius 2 is 1.87 bits per heavy atom. The molecule has 1 aliphatic carbocycles. The smallest absolute Gasteiger partial charge is 0.140 e. The molecule has 2 fully saturated rings. The number of hydrogen-bond donors (Lipinski definition) is 0. The minimum absolute atomic E-state index is 0.0472. The number of nitrogens with zero attached hydrogens (tertiary/aromatic N) is 1. The van der Waals surface area contributed by atoms with Gasteiger partial charge in [-0.25, -0.2) is 0 Å². The first-order valence-electron chi connectivity index (χ1n) is 6.22. The normalized spacial score (nSPS) is 33.9. The van der Waals surface area contributed by atoms with E-state index in [-0.39, 0.29) is 11.0 Å². The maximum absolute atomic E-state index is 12.0. The molecule has 1 unspecified atom stereocenters. The van der Waals surface area contributed by atoms with Crippen LogP contribution in [0.25, 0.3) is 0 Å². The minimum Gasteiger partial charge on any atom is -0.299 e. The largest absolute Gasteiger partial charge is 0.299 e. The molecule has 2 heteroatoms. The van der Waals surface area contributed by atoms with Gasteiger partial charge in [-0.3, -0.25) is 9.69 Å². The molecule has 86 valence electrons. The van der Waals surface area contributed by atoms with Crippen molar-refractivity contribution in [1.29, 1.82) is 0 Å². The third-order valence-electron chi connectivity index (χ3n) is 4.18. The number of Topliss-reactive ketones (excluding diaryl/α,β-unsaturated/α-hetero) is 1. The number of likely N-dealkylation sites (tertiary alicyclic amines) is 1. The number of carbonyl (C=O) groups is 1. The van der Waals surface area contributed by atoms with E-state index in [0.29, 0.717) is 5.78 Å². The van der Waals surface area contributed by atoms with Crippen LogP contribution in [0.3, 0.4) is 0 Å². The summed E-state index contributed by atoms with van der Waals surface area (Å²) < 4.78 is 0. The molecule has 0 amide bonds. The van der Waals surface area contributed by atoms with Gasteiger partial charge in [0.25, 0.3) is 0 Å². The molecule has 0 aromatic rings. The fourth-order valence-electron chi connectivity index (χ4n) is 3.13. The van der Waals surface area contributed by atoms with Crippen molar-refractivity contribution in [3.63, 3.8) is 0 Å². The third-order valence-corrected chi connectivity index (χ3v) is 4.18. The SMILES string of the molecule is CC(C)(C)N1CCCC2(CCCC2=O)C1. The number of hydrogen-bond acceptors (Lipinski definition) is 2. The predicted octanol–water partition coefficient (Wildman–Crippen LogP) is 2.62. The summed E-state index contributed by atoms with van der Waals surface area (Å²) in [6, 6.07) is 0. The highest BCUT2D eigenvalue weighted by Gasteiger charge is 2.46. The van der Waals surface area contributed by atoms with Gasteiger partial charge >= 0.3 is 0 Å². The molecule has 1 saturated carbocycles. The van der Waals surface area contributed by atoms with Gasteiger partial charge in [-0.1, -0.05) is 0 Å². The molecular weight excluding hydrogens is 186 g/mol. The summed E-state index contributed by atoms with van der Waals surface area (Å²) in [6.45, 7) is 8.94. The van der Waals surface area contributed by atoms with Gasteiger partial charge in [0.2, 0.25) is 0 Å². The van der Waals surface area contributed by atoms with Crippen LogP contribution < -0.4 is 0 Å². The fourth-order valence-corrected chi connectivity index (χ4v) is 3.13. The lowest BCUT2D eigenvalue weighted by Gasteiger charge is -2.45. The molecule has 0 N–H and O–H groups in total. The Balaban J connectivity index is 2.13. The van der Waals surface area contributed by atoms with Crippen molar-refractivity contribution < 1.29 is 4.79 Å². The summed E-state index contributed by atoms with van der Waals surface area (Å²) in [6.07, 6.45) is 5.43. The van der Waals surface area contributed by atoms with E-state index in [1.807, 2.05) is 0 Å². The van der Waals surface area contributed by atoms with Crippen molar-refractivity contribution >= 4 is 5.78 Å². The van der Waals surface area contributed by atoms with Crippen molar-refractivity contribution in [2.45, 2.75) is 58.4 Å².